The maximum Gasteiger partial charge on any atom is 0.272 e. The van der Waals surface area contributed by atoms with Gasteiger partial charge in [0.1, 0.15) is 0 Å². The third-order valence-electron chi connectivity index (χ3n) is 17.6. The highest BCUT2D eigenvalue weighted by Gasteiger charge is 2.46. The Bertz CT molecular complexity index is 3980. The first-order valence-electron chi connectivity index (χ1n) is 29.7. The number of aryl methyl sites for hydroxylation is 1. The number of hydrogen-bond donors (Lipinski definition) is 0. The van der Waals surface area contributed by atoms with E-state index in [9.17, 15) is 0 Å². The number of fused-ring (bicyclic) bond motifs is 6. The SMILES string of the molecule is Cn1c2c(c3ccc(-c4ccc(C(C)(C)C)cc4-c4ccccc4)cc31)N(c1ccc(C(C)(C)C)cc1)c1cccc3c1B2c1ccc(N(c2ccc(C(C)(C)C)cc2)c2ccc(C(C)(C)C)cc2)cc1N3c1ccc(C(C)(C)C)cc1. The number of aromatic nitrogens is 1. The molecule has 0 saturated heterocycles. The zero-order valence-electron chi connectivity index (χ0n) is 51.4. The largest absolute Gasteiger partial charge is 0.353 e. The molecule has 1 aromatic heterocycles. The summed E-state index contributed by atoms with van der Waals surface area (Å²) in [4.78, 5) is 7.59. The molecule has 0 radical (unpaired) electrons. The van der Waals surface area contributed by atoms with Gasteiger partial charge in [-0.25, -0.2) is 0 Å². The Kier molecular flexibility index (Phi) is 13.0. The summed E-state index contributed by atoms with van der Waals surface area (Å²) in [5.41, 5.74) is 27.0. The average molecular weight is 1070 g/mol. The van der Waals surface area contributed by atoms with Crippen molar-refractivity contribution in [2.75, 3.05) is 14.7 Å². The van der Waals surface area contributed by atoms with Gasteiger partial charge in [0.05, 0.1) is 11.2 Å². The molecule has 0 aliphatic carbocycles. The highest BCUT2D eigenvalue weighted by Crippen LogP contribution is 2.49. The van der Waals surface area contributed by atoms with E-state index in [1.807, 2.05) is 0 Å². The Hall–Kier alpha value is -8.02. The summed E-state index contributed by atoms with van der Waals surface area (Å²) in [7, 11) is 2.32. The number of hydrogen-bond acceptors (Lipinski definition) is 3. The van der Waals surface area contributed by atoms with E-state index in [2.05, 4.69) is 330 Å². The van der Waals surface area contributed by atoms with Crippen LogP contribution in [0.2, 0.25) is 0 Å². The van der Waals surface area contributed by atoms with Crippen molar-refractivity contribution in [3.05, 3.63) is 228 Å². The first kappa shape index (κ1) is 54.6. The molecule has 82 heavy (non-hydrogen) atoms. The molecule has 0 saturated carbocycles. The first-order chi connectivity index (χ1) is 38.8. The van der Waals surface area contributed by atoms with Crippen LogP contribution in [0.25, 0.3) is 33.2 Å². The number of benzene rings is 9. The van der Waals surface area contributed by atoms with Gasteiger partial charge in [-0.2, -0.15) is 0 Å². The maximum atomic E-state index is 2.58. The Labute approximate surface area is 490 Å². The lowest BCUT2D eigenvalue weighted by Crippen LogP contribution is -2.62. The standard InChI is InChI=1S/C77H81BN4/c1-73(2,3)52-26-35-57(36-27-52)80(58-37-28-53(29-38-58)74(4,5)6)61-43-46-65-69(49-61)81(59-39-30-54(31-40-59)75(7,8)9)66-23-20-24-67-70(66)78(65)72-71(82(67)60-41-32-55(33-42-60)76(10,11)12)63-44-25-51(47-68(63)79(72)16)62-45-34-56(77(13,14)15)48-64(62)50-21-18-17-19-22-50/h17-49H,1-16H3. The smallest absolute Gasteiger partial charge is 0.272 e. The predicted molar refractivity (Wildman–Crippen MR) is 356 cm³/mol. The molecule has 0 atom stereocenters. The maximum absolute atomic E-state index is 2.58. The summed E-state index contributed by atoms with van der Waals surface area (Å²) in [5.74, 6) is 0. The van der Waals surface area contributed by atoms with Gasteiger partial charge >= 0.3 is 0 Å². The molecule has 0 bridgehead atoms. The highest BCUT2D eigenvalue weighted by atomic mass is 15.2. The molecule has 0 fully saturated rings. The van der Waals surface area contributed by atoms with Crippen molar-refractivity contribution in [1.82, 2.24) is 4.57 Å². The van der Waals surface area contributed by atoms with Gasteiger partial charge in [0.25, 0.3) is 6.71 Å². The van der Waals surface area contributed by atoms with E-state index >= 15 is 0 Å². The van der Waals surface area contributed by atoms with Crippen LogP contribution in [-0.4, -0.2) is 11.3 Å². The van der Waals surface area contributed by atoms with Crippen LogP contribution in [0.3, 0.4) is 0 Å². The van der Waals surface area contributed by atoms with Gasteiger partial charge in [-0.1, -0.05) is 225 Å². The first-order valence-corrected chi connectivity index (χ1v) is 29.7. The van der Waals surface area contributed by atoms with Crippen LogP contribution in [0.15, 0.2) is 200 Å². The van der Waals surface area contributed by atoms with E-state index in [1.165, 1.54) is 100 Å². The molecule has 5 heteroatoms. The normalized spacial score (nSPS) is 13.5. The van der Waals surface area contributed by atoms with Crippen LogP contribution in [0.1, 0.15) is 132 Å². The van der Waals surface area contributed by atoms with Gasteiger partial charge in [-0.15, -0.1) is 0 Å². The molecule has 9 aromatic carbocycles. The van der Waals surface area contributed by atoms with E-state index in [4.69, 9.17) is 0 Å². The fraction of sp³-hybridized carbons (Fsp3) is 0.273. The Balaban J connectivity index is 1.13. The van der Waals surface area contributed by atoms with E-state index in [0.717, 1.165) is 28.4 Å². The van der Waals surface area contributed by atoms with Crippen LogP contribution >= 0.6 is 0 Å². The molecule has 0 spiro atoms. The minimum absolute atomic E-state index is 0.000920. The second kappa shape index (κ2) is 19.6. The van der Waals surface area contributed by atoms with Crippen LogP contribution in [0.5, 0.6) is 0 Å². The van der Waals surface area contributed by atoms with Gasteiger partial charge in [-0.3, -0.25) is 0 Å². The highest BCUT2D eigenvalue weighted by molar-refractivity contribution is 7.00. The van der Waals surface area contributed by atoms with Crippen molar-refractivity contribution in [3.63, 3.8) is 0 Å². The van der Waals surface area contributed by atoms with E-state index in [0.29, 0.717) is 0 Å². The second-order valence-corrected chi connectivity index (χ2v) is 28.5. The lowest BCUT2D eigenvalue weighted by Gasteiger charge is -2.44. The Morgan fingerprint density at radius 2 is 0.817 bits per heavy atom. The van der Waals surface area contributed by atoms with E-state index < -0.39 is 0 Å². The monoisotopic (exact) mass is 1070 g/mol. The number of nitrogens with zero attached hydrogens (tertiary/aromatic N) is 4. The molecule has 2 aliphatic heterocycles. The molecular formula is C77H81BN4. The minimum Gasteiger partial charge on any atom is -0.353 e. The van der Waals surface area contributed by atoms with Crippen LogP contribution in [0.4, 0.5) is 51.2 Å². The van der Waals surface area contributed by atoms with Crippen LogP contribution in [-0.2, 0) is 34.1 Å². The van der Waals surface area contributed by atoms with Gasteiger partial charge in [0, 0.05) is 63.5 Å². The molecule has 0 N–H and O–H groups in total. The molecule has 10 aromatic rings. The fourth-order valence-electron chi connectivity index (χ4n) is 12.7. The van der Waals surface area contributed by atoms with Crippen molar-refractivity contribution >= 4 is 85.3 Å². The number of anilines is 9. The minimum atomic E-state index is -0.0992. The summed E-state index contributed by atoms with van der Waals surface area (Å²) in [5, 5.41) is 1.23. The quantitative estimate of drug-likeness (QED) is 0.148. The Morgan fingerprint density at radius 1 is 0.354 bits per heavy atom. The fourth-order valence-corrected chi connectivity index (χ4v) is 12.7. The van der Waals surface area contributed by atoms with Crippen molar-refractivity contribution in [3.8, 4) is 22.3 Å². The van der Waals surface area contributed by atoms with Gasteiger partial charge in [0.2, 0.25) is 0 Å². The summed E-state index contributed by atoms with van der Waals surface area (Å²) < 4.78 is 2.53. The van der Waals surface area contributed by atoms with Crippen LogP contribution in [0, 0.1) is 0 Å². The lowest BCUT2D eigenvalue weighted by atomic mass is 9.35. The summed E-state index contributed by atoms with van der Waals surface area (Å²) in [6.07, 6.45) is 0. The van der Waals surface area contributed by atoms with Crippen molar-refractivity contribution in [1.29, 1.82) is 0 Å². The van der Waals surface area contributed by atoms with Crippen LogP contribution < -0.4 is 31.2 Å². The molecular weight excluding hydrogens is 992 g/mol. The third-order valence-corrected chi connectivity index (χ3v) is 17.6. The van der Waals surface area contributed by atoms with Crippen molar-refractivity contribution < 1.29 is 0 Å². The van der Waals surface area contributed by atoms with Gasteiger partial charge in [-0.05, 0) is 167 Å². The number of rotatable bonds is 7. The zero-order valence-corrected chi connectivity index (χ0v) is 51.4. The topological polar surface area (TPSA) is 14.7 Å². The van der Waals surface area contributed by atoms with Gasteiger partial charge < -0.3 is 19.3 Å². The zero-order chi connectivity index (χ0) is 58.0. The molecule has 4 nitrogen and oxygen atoms in total. The van der Waals surface area contributed by atoms with Gasteiger partial charge in [0.15, 0.2) is 0 Å². The molecule has 12 rings (SSSR count). The molecule has 0 amide bonds. The molecule has 2 aliphatic rings. The second-order valence-electron chi connectivity index (χ2n) is 28.5. The summed E-state index contributed by atoms with van der Waals surface area (Å²) >= 11 is 0. The Morgan fingerprint density at radius 3 is 1.33 bits per heavy atom. The third kappa shape index (κ3) is 9.54. The average Bonchev–Trinajstić information content (AvgIpc) is 2.43. The predicted octanol–water partition coefficient (Wildman–Crippen LogP) is 19.6. The van der Waals surface area contributed by atoms with Crippen molar-refractivity contribution in [2.24, 2.45) is 7.05 Å². The molecule has 0 unspecified atom stereocenters. The van der Waals surface area contributed by atoms with E-state index in [1.54, 1.807) is 0 Å². The summed E-state index contributed by atoms with van der Waals surface area (Å²) in [6, 6.07) is 76.8. The lowest BCUT2D eigenvalue weighted by molar-refractivity contribution is 0.590. The molecule has 3 heterocycles. The van der Waals surface area contributed by atoms with Crippen molar-refractivity contribution in [2.45, 2.75) is 131 Å². The summed E-state index contributed by atoms with van der Waals surface area (Å²) in [6.45, 7) is 34.4. The molecule has 412 valence electrons. The van der Waals surface area contributed by atoms with E-state index in [-0.39, 0.29) is 33.8 Å².